The molecule has 8 nitrogen and oxygen atoms in total. The molecule has 1 amide bonds. The van der Waals surface area contributed by atoms with Gasteiger partial charge in [-0.05, 0) is 24.3 Å². The Morgan fingerprint density at radius 3 is 2.77 bits per heavy atom. The SMILES string of the molecule is C=CCOCC(NC(=O)CCc1nc(-c2ccc(Cl)cc2)no1)C(=O)O. The molecule has 1 atom stereocenters. The van der Waals surface area contributed by atoms with Gasteiger partial charge in [0.2, 0.25) is 17.6 Å². The number of carbonyl (C=O) groups is 2. The minimum atomic E-state index is -1.18. The molecule has 1 aromatic carbocycles. The van der Waals surface area contributed by atoms with Gasteiger partial charge in [-0.1, -0.05) is 22.8 Å². The summed E-state index contributed by atoms with van der Waals surface area (Å²) in [5.74, 6) is -0.964. The number of hydrogen-bond acceptors (Lipinski definition) is 6. The van der Waals surface area contributed by atoms with E-state index in [0.717, 1.165) is 5.56 Å². The van der Waals surface area contributed by atoms with Crippen LogP contribution >= 0.6 is 11.6 Å². The average Bonchev–Trinajstić information content (AvgIpc) is 3.09. The van der Waals surface area contributed by atoms with E-state index in [-0.39, 0.29) is 31.9 Å². The van der Waals surface area contributed by atoms with Crippen LogP contribution in [0.1, 0.15) is 12.3 Å². The molecule has 0 fully saturated rings. The Kier molecular flexibility index (Phi) is 7.31. The Hall–Kier alpha value is -2.71. The number of aliphatic carboxylic acids is 1. The molecular formula is C17H18ClN3O5. The zero-order valence-corrected chi connectivity index (χ0v) is 14.6. The van der Waals surface area contributed by atoms with Gasteiger partial charge in [0.05, 0.1) is 13.2 Å². The zero-order valence-electron chi connectivity index (χ0n) is 13.9. The Labute approximate surface area is 154 Å². The summed E-state index contributed by atoms with van der Waals surface area (Å²) in [5.41, 5.74) is 0.735. The minimum Gasteiger partial charge on any atom is -0.480 e. The van der Waals surface area contributed by atoms with Crippen LogP contribution < -0.4 is 5.32 Å². The largest absolute Gasteiger partial charge is 0.480 e. The Morgan fingerprint density at radius 2 is 2.12 bits per heavy atom. The van der Waals surface area contributed by atoms with Crippen LogP contribution in [0.2, 0.25) is 5.02 Å². The topological polar surface area (TPSA) is 115 Å². The van der Waals surface area contributed by atoms with Gasteiger partial charge in [-0.3, -0.25) is 4.79 Å². The molecule has 1 aromatic heterocycles. The molecule has 9 heteroatoms. The lowest BCUT2D eigenvalue weighted by Crippen LogP contribution is -2.44. The summed E-state index contributed by atoms with van der Waals surface area (Å²) in [4.78, 5) is 27.2. The summed E-state index contributed by atoms with van der Waals surface area (Å²) in [6, 6.07) is 5.80. The molecule has 0 saturated heterocycles. The van der Waals surface area contributed by atoms with Crippen molar-refractivity contribution < 1.29 is 24.0 Å². The maximum atomic E-state index is 11.9. The molecule has 0 saturated carbocycles. The predicted molar refractivity (Wildman–Crippen MR) is 93.6 cm³/mol. The van der Waals surface area contributed by atoms with Crippen LogP contribution in [0.3, 0.4) is 0 Å². The van der Waals surface area contributed by atoms with Crippen LogP contribution in [0, 0.1) is 0 Å². The second kappa shape index (κ2) is 9.69. The first-order valence-electron chi connectivity index (χ1n) is 7.79. The van der Waals surface area contributed by atoms with Crippen molar-refractivity contribution >= 4 is 23.5 Å². The van der Waals surface area contributed by atoms with Crippen LogP contribution in [0.25, 0.3) is 11.4 Å². The second-order valence-corrected chi connectivity index (χ2v) is 5.74. The predicted octanol–water partition coefficient (Wildman–Crippen LogP) is 2.09. The number of benzene rings is 1. The number of aromatic nitrogens is 2. The fourth-order valence-corrected chi connectivity index (χ4v) is 2.13. The monoisotopic (exact) mass is 379 g/mol. The van der Waals surface area contributed by atoms with Crippen molar-refractivity contribution in [2.24, 2.45) is 0 Å². The molecule has 138 valence electrons. The third-order valence-corrected chi connectivity index (χ3v) is 3.54. The fourth-order valence-electron chi connectivity index (χ4n) is 2.00. The van der Waals surface area contributed by atoms with E-state index in [1.165, 1.54) is 6.08 Å². The third-order valence-electron chi connectivity index (χ3n) is 3.29. The van der Waals surface area contributed by atoms with Crippen molar-refractivity contribution in [2.45, 2.75) is 18.9 Å². The van der Waals surface area contributed by atoms with E-state index >= 15 is 0 Å². The first-order valence-corrected chi connectivity index (χ1v) is 8.16. The molecule has 0 radical (unpaired) electrons. The third kappa shape index (κ3) is 5.98. The number of amides is 1. The summed E-state index contributed by atoms with van der Waals surface area (Å²) in [5, 5.41) is 15.9. The van der Waals surface area contributed by atoms with E-state index in [1.807, 2.05) is 0 Å². The summed E-state index contributed by atoms with van der Waals surface area (Å²) in [6.07, 6.45) is 1.69. The normalized spacial score (nSPS) is 11.7. The van der Waals surface area contributed by atoms with E-state index in [4.69, 9.17) is 26.0 Å². The fraction of sp³-hybridized carbons (Fsp3) is 0.294. The Balaban J connectivity index is 1.85. The van der Waals surface area contributed by atoms with Crippen LogP contribution in [-0.2, 0) is 20.7 Å². The van der Waals surface area contributed by atoms with E-state index < -0.39 is 17.9 Å². The number of halogens is 1. The lowest BCUT2D eigenvalue weighted by Gasteiger charge is -2.13. The molecule has 2 rings (SSSR count). The second-order valence-electron chi connectivity index (χ2n) is 5.30. The zero-order chi connectivity index (χ0) is 18.9. The Morgan fingerprint density at radius 1 is 1.38 bits per heavy atom. The number of ether oxygens (including phenoxy) is 1. The average molecular weight is 380 g/mol. The van der Waals surface area contributed by atoms with E-state index in [2.05, 4.69) is 22.0 Å². The van der Waals surface area contributed by atoms with Crippen molar-refractivity contribution in [2.75, 3.05) is 13.2 Å². The molecule has 0 aliphatic carbocycles. The van der Waals surface area contributed by atoms with Gasteiger partial charge in [0, 0.05) is 23.4 Å². The van der Waals surface area contributed by atoms with Gasteiger partial charge in [0.1, 0.15) is 0 Å². The molecular weight excluding hydrogens is 362 g/mol. The molecule has 2 aromatic rings. The highest BCUT2D eigenvalue weighted by Gasteiger charge is 2.20. The maximum absolute atomic E-state index is 11.9. The highest BCUT2D eigenvalue weighted by molar-refractivity contribution is 6.30. The number of carboxylic acids is 1. The van der Waals surface area contributed by atoms with Crippen molar-refractivity contribution in [3.05, 3.63) is 47.8 Å². The smallest absolute Gasteiger partial charge is 0.328 e. The number of carbonyl (C=O) groups excluding carboxylic acids is 1. The van der Waals surface area contributed by atoms with Gasteiger partial charge in [-0.2, -0.15) is 4.98 Å². The minimum absolute atomic E-state index is 0.00743. The number of rotatable bonds is 10. The van der Waals surface area contributed by atoms with E-state index in [0.29, 0.717) is 10.8 Å². The van der Waals surface area contributed by atoms with E-state index in [1.54, 1.807) is 24.3 Å². The highest BCUT2D eigenvalue weighted by atomic mass is 35.5. The van der Waals surface area contributed by atoms with Crippen LogP contribution in [-0.4, -0.2) is 46.4 Å². The summed E-state index contributed by atoms with van der Waals surface area (Å²) < 4.78 is 10.2. The lowest BCUT2D eigenvalue weighted by atomic mass is 10.2. The molecule has 0 aliphatic heterocycles. The van der Waals surface area contributed by atoms with E-state index in [9.17, 15) is 9.59 Å². The van der Waals surface area contributed by atoms with Gasteiger partial charge in [-0.25, -0.2) is 4.79 Å². The van der Waals surface area contributed by atoms with Gasteiger partial charge < -0.3 is 19.7 Å². The molecule has 26 heavy (non-hydrogen) atoms. The first-order chi connectivity index (χ1) is 12.5. The van der Waals surface area contributed by atoms with Gasteiger partial charge in [0.15, 0.2) is 6.04 Å². The van der Waals surface area contributed by atoms with Gasteiger partial charge >= 0.3 is 5.97 Å². The number of carboxylic acid groups (broad SMARTS) is 1. The van der Waals surface area contributed by atoms with Crippen LogP contribution in [0.5, 0.6) is 0 Å². The van der Waals surface area contributed by atoms with Gasteiger partial charge in [0.25, 0.3) is 0 Å². The summed E-state index contributed by atoms with van der Waals surface area (Å²) in [7, 11) is 0. The lowest BCUT2D eigenvalue weighted by molar-refractivity contribution is -0.143. The van der Waals surface area contributed by atoms with Crippen molar-refractivity contribution in [1.29, 1.82) is 0 Å². The van der Waals surface area contributed by atoms with Gasteiger partial charge in [-0.15, -0.1) is 6.58 Å². The summed E-state index contributed by atoms with van der Waals surface area (Å²) >= 11 is 5.83. The molecule has 1 heterocycles. The number of nitrogens with zero attached hydrogens (tertiary/aromatic N) is 2. The quantitative estimate of drug-likeness (QED) is 0.479. The maximum Gasteiger partial charge on any atom is 0.328 e. The standard InChI is InChI=1S/C17H18ClN3O5/c1-2-9-25-10-13(17(23)24)19-14(22)7-8-15-20-16(21-26-15)11-3-5-12(18)6-4-11/h2-6,13H,1,7-10H2,(H,19,22)(H,23,24). The highest BCUT2D eigenvalue weighted by Crippen LogP contribution is 2.18. The summed E-state index contributed by atoms with van der Waals surface area (Å²) in [6.45, 7) is 3.52. The first kappa shape index (κ1) is 19.6. The molecule has 1 unspecified atom stereocenters. The molecule has 0 spiro atoms. The molecule has 2 N–H and O–H groups in total. The number of hydrogen-bond donors (Lipinski definition) is 2. The molecule has 0 bridgehead atoms. The molecule has 0 aliphatic rings. The number of nitrogens with one attached hydrogen (secondary N) is 1. The van der Waals surface area contributed by atoms with Crippen LogP contribution in [0.15, 0.2) is 41.4 Å². The van der Waals surface area contributed by atoms with Crippen molar-refractivity contribution in [3.8, 4) is 11.4 Å². The van der Waals surface area contributed by atoms with Crippen LogP contribution in [0.4, 0.5) is 0 Å². The van der Waals surface area contributed by atoms with Crippen molar-refractivity contribution in [3.63, 3.8) is 0 Å². The Bertz CT molecular complexity index is 760. The van der Waals surface area contributed by atoms with Crippen molar-refractivity contribution in [1.82, 2.24) is 15.5 Å². The number of aryl methyl sites for hydroxylation is 1.